The first-order valence-corrected chi connectivity index (χ1v) is 19.9. The summed E-state index contributed by atoms with van der Waals surface area (Å²) in [5.74, 6) is -1.36. The standard InChI is InChI=1S/C43H63N5O11/c1-41(2,3)57-37(52)45(23-22-44-34(49)20-15-21-35(50)51)24-25-46(38(53)58-42(4,5)6)26-27-47(39(54)59-43(7,8)9)28-29-48(40(55)56-10)36-32-18-13-11-16-30(32)31-17-12-14-19-33(31)36/h11-14,16-19,36H,15,20-29H2,1-10H3,(H,44,49)(H,50,51). The van der Waals surface area contributed by atoms with Crippen molar-refractivity contribution in [3.8, 4) is 11.1 Å². The molecule has 0 radical (unpaired) electrons. The molecular weight excluding hydrogens is 762 g/mol. The van der Waals surface area contributed by atoms with Gasteiger partial charge >= 0.3 is 30.3 Å². The van der Waals surface area contributed by atoms with Crippen LogP contribution in [0.1, 0.15) is 98.7 Å². The van der Waals surface area contributed by atoms with Crippen LogP contribution in [0.4, 0.5) is 19.2 Å². The second-order valence-electron chi connectivity index (χ2n) is 17.2. The zero-order valence-corrected chi connectivity index (χ0v) is 36.3. The van der Waals surface area contributed by atoms with Gasteiger partial charge in [0.25, 0.3) is 0 Å². The molecule has 0 unspecified atom stereocenters. The normalized spacial score (nSPS) is 12.4. The molecule has 16 heteroatoms. The monoisotopic (exact) mass is 825 g/mol. The van der Waals surface area contributed by atoms with Crippen LogP contribution >= 0.6 is 0 Å². The highest BCUT2D eigenvalue weighted by Gasteiger charge is 2.37. The first kappa shape index (κ1) is 47.8. The highest BCUT2D eigenvalue weighted by atomic mass is 16.6. The van der Waals surface area contributed by atoms with E-state index in [1.807, 2.05) is 48.5 Å². The van der Waals surface area contributed by atoms with Gasteiger partial charge in [-0.25, -0.2) is 19.2 Å². The maximum atomic E-state index is 13.8. The fourth-order valence-electron chi connectivity index (χ4n) is 6.30. The van der Waals surface area contributed by atoms with Gasteiger partial charge in [-0.15, -0.1) is 0 Å². The van der Waals surface area contributed by atoms with Gasteiger partial charge in [0.05, 0.1) is 13.2 Å². The predicted octanol–water partition coefficient (Wildman–Crippen LogP) is 6.91. The smallest absolute Gasteiger partial charge is 0.410 e. The van der Waals surface area contributed by atoms with Crippen molar-refractivity contribution in [3.05, 3.63) is 59.7 Å². The lowest BCUT2D eigenvalue weighted by Crippen LogP contribution is -2.50. The van der Waals surface area contributed by atoms with Crippen LogP contribution in [0.25, 0.3) is 11.1 Å². The molecule has 2 aromatic rings. The van der Waals surface area contributed by atoms with Gasteiger partial charge in [-0.05, 0) is 91.0 Å². The van der Waals surface area contributed by atoms with E-state index in [2.05, 4.69) is 5.32 Å². The molecule has 2 N–H and O–H groups in total. The van der Waals surface area contributed by atoms with E-state index in [0.29, 0.717) is 0 Å². The number of methoxy groups -OCH3 is 1. The van der Waals surface area contributed by atoms with Crippen molar-refractivity contribution in [2.75, 3.05) is 59.5 Å². The quantitative estimate of drug-likeness (QED) is 0.158. The summed E-state index contributed by atoms with van der Waals surface area (Å²) in [5, 5.41) is 11.6. The minimum Gasteiger partial charge on any atom is -0.481 e. The van der Waals surface area contributed by atoms with E-state index in [1.54, 1.807) is 67.2 Å². The number of amides is 5. The summed E-state index contributed by atoms with van der Waals surface area (Å²) in [7, 11) is 1.31. The number of fused-ring (bicyclic) bond motifs is 3. The first-order chi connectivity index (χ1) is 27.5. The maximum Gasteiger partial charge on any atom is 0.410 e. The van der Waals surface area contributed by atoms with Gasteiger partial charge in [-0.2, -0.15) is 0 Å². The largest absolute Gasteiger partial charge is 0.481 e. The van der Waals surface area contributed by atoms with Crippen LogP contribution in [-0.4, -0.2) is 137 Å². The van der Waals surface area contributed by atoms with Gasteiger partial charge in [-0.3, -0.25) is 14.5 Å². The minimum absolute atomic E-state index is 0.0118. The van der Waals surface area contributed by atoms with Gasteiger partial charge in [0, 0.05) is 65.2 Å². The van der Waals surface area contributed by atoms with Gasteiger partial charge in [0.2, 0.25) is 5.91 Å². The van der Waals surface area contributed by atoms with E-state index in [-0.39, 0.29) is 77.5 Å². The number of hydrogen-bond acceptors (Lipinski definition) is 10. The molecule has 0 saturated carbocycles. The fraction of sp³-hybridized carbons (Fsp3) is 0.581. The molecule has 3 rings (SSSR count). The van der Waals surface area contributed by atoms with E-state index in [1.165, 1.54) is 21.8 Å². The number of aliphatic carboxylic acids is 1. The Morgan fingerprint density at radius 3 is 1.36 bits per heavy atom. The van der Waals surface area contributed by atoms with Crippen molar-refractivity contribution >= 4 is 36.2 Å². The first-order valence-electron chi connectivity index (χ1n) is 19.9. The Bertz CT molecular complexity index is 1730. The van der Waals surface area contributed by atoms with Crippen LogP contribution < -0.4 is 5.32 Å². The summed E-state index contributed by atoms with van der Waals surface area (Å²) in [5.41, 5.74) is 1.28. The van der Waals surface area contributed by atoms with E-state index < -0.39 is 53.2 Å². The zero-order valence-electron chi connectivity index (χ0n) is 36.3. The van der Waals surface area contributed by atoms with Gasteiger partial charge in [-0.1, -0.05) is 48.5 Å². The van der Waals surface area contributed by atoms with E-state index in [0.717, 1.165) is 22.3 Å². The molecule has 0 aliphatic heterocycles. The SMILES string of the molecule is COC(=O)N(CCN(CCN(CCN(CCNC(=O)CCCC(=O)O)C(=O)OC(C)(C)C)C(=O)OC(C)(C)C)C(=O)OC(C)(C)C)C1c2ccccc2-c2ccccc21. The molecule has 0 spiro atoms. The van der Waals surface area contributed by atoms with Crippen molar-refractivity contribution in [1.29, 1.82) is 0 Å². The number of carbonyl (C=O) groups is 6. The average molecular weight is 826 g/mol. The van der Waals surface area contributed by atoms with Crippen LogP contribution in [0, 0.1) is 0 Å². The van der Waals surface area contributed by atoms with Gasteiger partial charge in [0.1, 0.15) is 16.8 Å². The summed E-state index contributed by atoms with van der Waals surface area (Å²) in [6.45, 7) is 15.6. The highest BCUT2D eigenvalue weighted by molar-refractivity contribution is 5.81. The number of ether oxygens (including phenoxy) is 4. The molecule has 59 heavy (non-hydrogen) atoms. The number of nitrogens with one attached hydrogen (secondary N) is 1. The van der Waals surface area contributed by atoms with Crippen molar-refractivity contribution in [2.45, 2.75) is 104 Å². The Hall–Kier alpha value is -5.54. The van der Waals surface area contributed by atoms with E-state index in [9.17, 15) is 28.8 Å². The number of nitrogens with zero attached hydrogens (tertiary/aromatic N) is 4. The Morgan fingerprint density at radius 1 is 0.576 bits per heavy atom. The van der Waals surface area contributed by atoms with Crippen LogP contribution in [0.3, 0.4) is 0 Å². The third-order valence-corrected chi connectivity index (χ3v) is 8.87. The molecule has 0 heterocycles. The molecule has 16 nitrogen and oxygen atoms in total. The van der Waals surface area contributed by atoms with Crippen molar-refractivity contribution in [1.82, 2.24) is 24.9 Å². The molecule has 0 atom stereocenters. The molecule has 0 saturated heterocycles. The summed E-state index contributed by atoms with van der Waals surface area (Å²) in [6.07, 6.45) is -2.56. The number of carboxylic acids is 1. The number of carboxylic acid groups (broad SMARTS) is 1. The average Bonchev–Trinajstić information content (AvgIpc) is 3.44. The molecule has 1 aliphatic rings. The van der Waals surface area contributed by atoms with Crippen LogP contribution in [-0.2, 0) is 28.5 Å². The van der Waals surface area contributed by atoms with E-state index >= 15 is 0 Å². The molecule has 0 bridgehead atoms. The third-order valence-electron chi connectivity index (χ3n) is 8.87. The third kappa shape index (κ3) is 15.6. The van der Waals surface area contributed by atoms with E-state index in [4.69, 9.17) is 24.1 Å². The number of benzene rings is 2. The molecule has 0 aromatic heterocycles. The highest BCUT2D eigenvalue weighted by Crippen LogP contribution is 2.46. The lowest BCUT2D eigenvalue weighted by molar-refractivity contribution is -0.137. The molecule has 5 amide bonds. The van der Waals surface area contributed by atoms with Gasteiger partial charge < -0.3 is 44.1 Å². The summed E-state index contributed by atoms with van der Waals surface area (Å²) >= 11 is 0. The van der Waals surface area contributed by atoms with Crippen LogP contribution in [0.2, 0.25) is 0 Å². The Labute approximate surface area is 348 Å². The van der Waals surface area contributed by atoms with Crippen molar-refractivity contribution in [2.24, 2.45) is 0 Å². The molecule has 2 aromatic carbocycles. The Morgan fingerprint density at radius 2 is 0.966 bits per heavy atom. The maximum absolute atomic E-state index is 13.8. The summed E-state index contributed by atoms with van der Waals surface area (Å²) in [4.78, 5) is 83.3. The minimum atomic E-state index is -0.998. The molecule has 1 aliphatic carbocycles. The topological polar surface area (TPSA) is 185 Å². The van der Waals surface area contributed by atoms with Crippen LogP contribution in [0.15, 0.2) is 48.5 Å². The number of carbonyl (C=O) groups excluding carboxylic acids is 5. The Balaban J connectivity index is 1.87. The summed E-state index contributed by atoms with van der Waals surface area (Å²) in [6, 6.07) is 15.2. The fourth-order valence-corrected chi connectivity index (χ4v) is 6.30. The predicted molar refractivity (Wildman–Crippen MR) is 221 cm³/mol. The van der Waals surface area contributed by atoms with Crippen molar-refractivity contribution in [3.63, 3.8) is 0 Å². The molecule has 0 fully saturated rings. The van der Waals surface area contributed by atoms with Crippen LogP contribution in [0.5, 0.6) is 0 Å². The van der Waals surface area contributed by atoms with Gasteiger partial charge in [0.15, 0.2) is 0 Å². The summed E-state index contributed by atoms with van der Waals surface area (Å²) < 4.78 is 22.4. The zero-order chi connectivity index (χ0) is 44.1. The lowest BCUT2D eigenvalue weighted by atomic mass is 10.0. The molecule has 326 valence electrons. The second kappa shape index (κ2) is 20.9. The number of hydrogen-bond donors (Lipinski definition) is 2. The Kier molecular flexibility index (Phi) is 17.0. The lowest BCUT2D eigenvalue weighted by Gasteiger charge is -2.34. The number of rotatable bonds is 17. The molecular formula is C43H63N5O11. The van der Waals surface area contributed by atoms with Crippen molar-refractivity contribution < 1.29 is 52.8 Å². The second-order valence-corrected chi connectivity index (χ2v) is 17.2.